The van der Waals surface area contributed by atoms with Crippen LogP contribution in [0.4, 0.5) is 0 Å². The quantitative estimate of drug-likeness (QED) is 0.261. The van der Waals surface area contributed by atoms with Crippen LogP contribution in [0.2, 0.25) is 0 Å². The van der Waals surface area contributed by atoms with Crippen LogP contribution in [0.1, 0.15) is 0 Å². The van der Waals surface area contributed by atoms with E-state index in [1.807, 2.05) is 0 Å². The van der Waals surface area contributed by atoms with Gasteiger partial charge in [-0.3, -0.25) is 4.79 Å². The Morgan fingerprint density at radius 2 is 1.59 bits per heavy atom. The molecular weight excluding hydrogens is 428 g/mol. The van der Waals surface area contributed by atoms with E-state index in [1.54, 1.807) is 0 Å². The molecule has 170 valence electrons. The monoisotopic (exact) mass is 448 g/mol. The summed E-state index contributed by atoms with van der Waals surface area (Å²) in [5.41, 5.74) is -0.386. The van der Waals surface area contributed by atoms with Crippen LogP contribution in [0.3, 0.4) is 0 Å². The molecule has 5 unspecified atom stereocenters. The number of fused-ring (bicyclic) bond motifs is 1. The lowest BCUT2D eigenvalue weighted by molar-refractivity contribution is -0.277. The Balaban J connectivity index is 1.76. The fourth-order valence-electron chi connectivity index (χ4n) is 3.42. The zero-order valence-corrected chi connectivity index (χ0v) is 16.3. The molecule has 0 amide bonds. The van der Waals surface area contributed by atoms with E-state index in [9.17, 15) is 40.5 Å². The van der Waals surface area contributed by atoms with Gasteiger partial charge in [0.1, 0.15) is 46.9 Å². The SMILES string of the molecule is O=c1cc(-c2ccc(O)cc2)oc2cc(OC3OC(CO)C(O)C(O)C3O)c(O)c(O)c12. The summed E-state index contributed by atoms with van der Waals surface area (Å²) in [7, 11) is 0. The molecular formula is C21H20O11. The fourth-order valence-corrected chi connectivity index (χ4v) is 3.42. The average molecular weight is 448 g/mol. The Kier molecular flexibility index (Phi) is 5.67. The number of aromatic hydroxyl groups is 3. The Morgan fingerprint density at radius 3 is 2.25 bits per heavy atom. The van der Waals surface area contributed by atoms with Crippen LogP contribution in [0.15, 0.2) is 45.6 Å². The highest BCUT2D eigenvalue weighted by Crippen LogP contribution is 2.42. The summed E-state index contributed by atoms with van der Waals surface area (Å²) in [5.74, 6) is -2.03. The Morgan fingerprint density at radius 1 is 0.906 bits per heavy atom. The van der Waals surface area contributed by atoms with Gasteiger partial charge >= 0.3 is 0 Å². The summed E-state index contributed by atoms with van der Waals surface area (Å²) in [5, 5.41) is 69.0. The average Bonchev–Trinajstić information content (AvgIpc) is 2.77. The van der Waals surface area contributed by atoms with E-state index in [2.05, 4.69) is 0 Å². The second-order valence-electron chi connectivity index (χ2n) is 7.28. The van der Waals surface area contributed by atoms with Crippen LogP contribution >= 0.6 is 0 Å². The van der Waals surface area contributed by atoms with Gasteiger partial charge in [0.25, 0.3) is 0 Å². The van der Waals surface area contributed by atoms with E-state index in [1.165, 1.54) is 24.3 Å². The van der Waals surface area contributed by atoms with Gasteiger partial charge in [-0.2, -0.15) is 0 Å². The van der Waals surface area contributed by atoms with Crippen molar-refractivity contribution in [3.8, 4) is 34.3 Å². The topological polar surface area (TPSA) is 190 Å². The van der Waals surface area contributed by atoms with Gasteiger partial charge in [0.2, 0.25) is 12.0 Å². The third kappa shape index (κ3) is 3.72. The molecule has 0 bridgehead atoms. The van der Waals surface area contributed by atoms with Gasteiger partial charge in [-0.1, -0.05) is 0 Å². The van der Waals surface area contributed by atoms with Crippen LogP contribution in [0.25, 0.3) is 22.3 Å². The first-order valence-electron chi connectivity index (χ1n) is 9.50. The molecule has 4 rings (SSSR count). The number of phenols is 3. The molecule has 3 aromatic rings. The molecule has 2 aromatic carbocycles. The third-order valence-corrected chi connectivity index (χ3v) is 5.17. The van der Waals surface area contributed by atoms with E-state index < -0.39 is 60.0 Å². The van der Waals surface area contributed by atoms with Crippen molar-refractivity contribution in [3.63, 3.8) is 0 Å². The number of ether oxygens (including phenoxy) is 2. The van der Waals surface area contributed by atoms with Crippen LogP contribution in [0.5, 0.6) is 23.0 Å². The van der Waals surface area contributed by atoms with Crippen LogP contribution in [-0.2, 0) is 4.74 Å². The molecule has 1 aliphatic heterocycles. The smallest absolute Gasteiger partial charge is 0.229 e. The maximum absolute atomic E-state index is 12.6. The Hall–Kier alpha value is -3.35. The number of benzene rings is 2. The van der Waals surface area contributed by atoms with Crippen molar-refractivity contribution in [2.24, 2.45) is 0 Å². The molecule has 0 aliphatic carbocycles. The van der Waals surface area contributed by atoms with Crippen LogP contribution in [0, 0.1) is 0 Å². The number of hydrogen-bond acceptors (Lipinski definition) is 11. The van der Waals surface area contributed by atoms with Crippen molar-refractivity contribution < 1.29 is 49.6 Å². The highest BCUT2D eigenvalue weighted by atomic mass is 16.7. The predicted octanol–water partition coefficient (Wildman–Crippen LogP) is -0.245. The van der Waals surface area contributed by atoms with Gasteiger partial charge in [0.15, 0.2) is 16.9 Å². The van der Waals surface area contributed by atoms with Crippen molar-refractivity contribution in [2.45, 2.75) is 30.7 Å². The number of phenolic OH excluding ortho intramolecular Hbond substituents is 3. The van der Waals surface area contributed by atoms with Gasteiger partial charge < -0.3 is 49.6 Å². The van der Waals surface area contributed by atoms with Crippen molar-refractivity contribution in [1.29, 1.82) is 0 Å². The molecule has 5 atom stereocenters. The first kappa shape index (κ1) is 21.9. The second-order valence-corrected chi connectivity index (χ2v) is 7.28. The van der Waals surface area contributed by atoms with Gasteiger partial charge in [-0.25, -0.2) is 0 Å². The van der Waals surface area contributed by atoms with Crippen LogP contribution < -0.4 is 10.2 Å². The van der Waals surface area contributed by atoms with E-state index >= 15 is 0 Å². The first-order chi connectivity index (χ1) is 15.2. The summed E-state index contributed by atoms with van der Waals surface area (Å²) < 4.78 is 16.3. The molecule has 0 radical (unpaired) electrons. The van der Waals surface area contributed by atoms with E-state index in [-0.39, 0.29) is 22.5 Å². The Labute approximate surface area is 179 Å². The van der Waals surface area contributed by atoms with Gasteiger partial charge in [0, 0.05) is 17.7 Å². The van der Waals surface area contributed by atoms with Crippen LogP contribution in [-0.4, -0.2) is 73.1 Å². The highest BCUT2D eigenvalue weighted by molar-refractivity contribution is 5.89. The zero-order valence-electron chi connectivity index (χ0n) is 16.3. The second kappa shape index (κ2) is 8.30. The van der Waals surface area contributed by atoms with Crippen molar-refractivity contribution in [2.75, 3.05) is 6.61 Å². The van der Waals surface area contributed by atoms with E-state index in [0.29, 0.717) is 5.56 Å². The van der Waals surface area contributed by atoms with Crippen molar-refractivity contribution in [3.05, 3.63) is 46.6 Å². The van der Waals surface area contributed by atoms with Gasteiger partial charge in [-0.15, -0.1) is 0 Å². The molecule has 1 aromatic heterocycles. The third-order valence-electron chi connectivity index (χ3n) is 5.17. The molecule has 2 heterocycles. The van der Waals surface area contributed by atoms with Gasteiger partial charge in [0.05, 0.1) is 6.61 Å². The summed E-state index contributed by atoms with van der Waals surface area (Å²) in [4.78, 5) is 12.6. The predicted molar refractivity (Wildman–Crippen MR) is 107 cm³/mol. The first-order valence-corrected chi connectivity index (χ1v) is 9.50. The summed E-state index contributed by atoms with van der Waals surface area (Å²) in [6.45, 7) is -0.690. The minimum Gasteiger partial charge on any atom is -0.508 e. The molecule has 0 saturated carbocycles. The molecule has 7 N–H and O–H groups in total. The number of rotatable bonds is 4. The molecule has 0 spiro atoms. The zero-order chi connectivity index (χ0) is 23.2. The minimum atomic E-state index is -1.76. The standard InChI is InChI=1S/C21H20O11/c22-7-14-17(26)19(28)20(29)21(32-14)31-13-6-12-15(18(27)16(13)25)10(24)5-11(30-12)8-1-3-9(23)4-2-8/h1-6,14,17,19-23,25-29H,7H2. The largest absolute Gasteiger partial charge is 0.508 e. The lowest BCUT2D eigenvalue weighted by Gasteiger charge is -2.39. The highest BCUT2D eigenvalue weighted by Gasteiger charge is 2.45. The molecule has 1 aliphatic rings. The van der Waals surface area contributed by atoms with E-state index in [4.69, 9.17) is 13.9 Å². The lowest BCUT2D eigenvalue weighted by Crippen LogP contribution is -2.60. The normalized spacial score (nSPS) is 25.7. The van der Waals surface area contributed by atoms with Crippen molar-refractivity contribution >= 4 is 11.0 Å². The molecule has 1 saturated heterocycles. The summed E-state index contributed by atoms with van der Waals surface area (Å²) >= 11 is 0. The number of aliphatic hydroxyl groups is 4. The minimum absolute atomic E-state index is 0.00895. The maximum Gasteiger partial charge on any atom is 0.229 e. The maximum atomic E-state index is 12.6. The lowest BCUT2D eigenvalue weighted by atomic mass is 9.99. The molecule has 11 nitrogen and oxygen atoms in total. The summed E-state index contributed by atoms with van der Waals surface area (Å²) in [6, 6.07) is 7.97. The number of hydrogen-bond donors (Lipinski definition) is 7. The van der Waals surface area contributed by atoms with Gasteiger partial charge in [-0.05, 0) is 24.3 Å². The van der Waals surface area contributed by atoms with E-state index in [0.717, 1.165) is 12.1 Å². The number of aliphatic hydroxyl groups excluding tert-OH is 4. The Bertz CT molecular complexity index is 1190. The molecule has 11 heteroatoms. The van der Waals surface area contributed by atoms with Crippen molar-refractivity contribution in [1.82, 2.24) is 0 Å². The molecule has 1 fully saturated rings. The summed E-state index contributed by atoms with van der Waals surface area (Å²) in [6.07, 6.45) is -7.99. The fraction of sp³-hybridized carbons (Fsp3) is 0.286. The molecule has 32 heavy (non-hydrogen) atoms.